The Bertz CT molecular complexity index is 3680. The molecular weight excluding hydrogens is 1020 g/mol. The molecule has 17 heteroatoms. The number of hydrogen-bond donors (Lipinski definition) is 13. The van der Waals surface area contributed by atoms with E-state index in [1.165, 1.54) is 66.7 Å². The monoisotopic (exact) mass is 1070 g/mol. The lowest BCUT2D eigenvalue weighted by Crippen LogP contribution is -2.60. The smallest absolute Gasteiger partial charge is 0.229 e. The van der Waals surface area contributed by atoms with E-state index in [1.807, 2.05) is 0 Å². The van der Waals surface area contributed by atoms with E-state index in [9.17, 15) is 66.4 Å². The predicted octanol–water partition coefficient (Wildman–Crippen LogP) is 7.91. The summed E-state index contributed by atoms with van der Waals surface area (Å²) >= 11 is 0. The zero-order valence-corrected chi connectivity index (χ0v) is 41.5. The van der Waals surface area contributed by atoms with Crippen LogP contribution in [0.5, 0.6) is 69.0 Å². The van der Waals surface area contributed by atoms with Crippen LogP contribution in [0.3, 0.4) is 0 Å². The number of aliphatic hydroxyl groups is 4. The highest BCUT2D eigenvalue weighted by Crippen LogP contribution is 2.69. The van der Waals surface area contributed by atoms with Crippen molar-refractivity contribution in [2.45, 2.75) is 78.4 Å². The summed E-state index contributed by atoms with van der Waals surface area (Å²) in [6, 6.07) is 37.5. The van der Waals surface area contributed by atoms with E-state index >= 15 is 0 Å². The van der Waals surface area contributed by atoms with E-state index < -0.39 is 85.0 Å². The second-order valence-electron chi connectivity index (χ2n) is 21.0. The number of ether oxygens (including phenoxy) is 4. The average Bonchev–Trinajstić information content (AvgIpc) is 3.99. The average molecular weight is 1070 g/mol. The van der Waals surface area contributed by atoms with Crippen LogP contribution >= 0.6 is 0 Å². The highest BCUT2D eigenvalue weighted by Gasteiger charge is 2.55. The molecule has 3 heterocycles. The normalized spacial score (nSPS) is 27.0. The third-order valence-corrected chi connectivity index (χ3v) is 16.6. The first-order chi connectivity index (χ1) is 38.0. The van der Waals surface area contributed by atoms with Crippen molar-refractivity contribution in [3.63, 3.8) is 0 Å². The largest absolute Gasteiger partial charge is 0.508 e. The maximum atomic E-state index is 12.8. The van der Waals surface area contributed by atoms with Crippen LogP contribution in [0.4, 0.5) is 0 Å². The molecular formula is C62H52O17. The van der Waals surface area contributed by atoms with Gasteiger partial charge in [-0.05, 0) is 117 Å². The zero-order chi connectivity index (χ0) is 54.9. The van der Waals surface area contributed by atoms with Gasteiger partial charge in [0.1, 0.15) is 106 Å². The number of aromatic hydroxyl groups is 9. The van der Waals surface area contributed by atoms with Crippen LogP contribution in [-0.4, -0.2) is 104 Å². The van der Waals surface area contributed by atoms with Crippen molar-refractivity contribution in [2.24, 2.45) is 0 Å². The number of hydrogen-bond acceptors (Lipinski definition) is 17. The first-order valence-corrected chi connectivity index (χ1v) is 25.7. The van der Waals surface area contributed by atoms with Gasteiger partial charge in [0.15, 0.2) is 0 Å². The van der Waals surface area contributed by atoms with Crippen LogP contribution in [0.1, 0.15) is 114 Å². The minimum absolute atomic E-state index is 0.00613. The molecule has 0 unspecified atom stereocenters. The molecule has 8 aromatic rings. The Morgan fingerprint density at radius 1 is 0.367 bits per heavy atom. The van der Waals surface area contributed by atoms with E-state index in [0.717, 1.165) is 0 Å². The number of phenolic OH excluding ortho intramolecular Hbond substituents is 9. The van der Waals surface area contributed by atoms with Gasteiger partial charge in [0.05, 0.1) is 18.4 Å². The summed E-state index contributed by atoms with van der Waals surface area (Å²) in [5.41, 5.74) is 5.70. The molecule has 0 aromatic heterocycles. The molecule has 5 aliphatic rings. The molecule has 1 saturated heterocycles. The fourth-order valence-corrected chi connectivity index (χ4v) is 13.3. The number of aliphatic hydroxyl groups excluding tert-OH is 4. The molecule has 0 amide bonds. The van der Waals surface area contributed by atoms with Crippen LogP contribution in [-0.2, 0) is 4.74 Å². The summed E-state index contributed by atoms with van der Waals surface area (Å²) in [7, 11) is 0. The van der Waals surface area contributed by atoms with Gasteiger partial charge in [0.2, 0.25) is 6.29 Å². The van der Waals surface area contributed by atoms with Gasteiger partial charge in [0.25, 0.3) is 0 Å². The van der Waals surface area contributed by atoms with Gasteiger partial charge in [-0.25, -0.2) is 0 Å². The minimum Gasteiger partial charge on any atom is -0.508 e. The Balaban J connectivity index is 1.18. The second-order valence-corrected chi connectivity index (χ2v) is 21.0. The lowest BCUT2D eigenvalue weighted by molar-refractivity contribution is -0.277. The van der Waals surface area contributed by atoms with Crippen molar-refractivity contribution >= 4 is 0 Å². The van der Waals surface area contributed by atoms with Crippen molar-refractivity contribution in [3.05, 3.63) is 212 Å². The lowest BCUT2D eigenvalue weighted by Gasteiger charge is -2.41. The van der Waals surface area contributed by atoms with Crippen LogP contribution in [0, 0.1) is 0 Å². The predicted molar refractivity (Wildman–Crippen MR) is 281 cm³/mol. The van der Waals surface area contributed by atoms with Crippen molar-refractivity contribution in [2.75, 3.05) is 6.61 Å². The van der Waals surface area contributed by atoms with Crippen LogP contribution in [0.25, 0.3) is 0 Å². The summed E-state index contributed by atoms with van der Waals surface area (Å²) in [5, 5.41) is 147. The molecule has 0 saturated carbocycles. The quantitative estimate of drug-likeness (QED) is 0.0688. The summed E-state index contributed by atoms with van der Waals surface area (Å²) in [6.45, 7) is -0.747. The highest BCUT2D eigenvalue weighted by molar-refractivity contribution is 5.71. The molecule has 0 radical (unpaired) electrons. The second kappa shape index (κ2) is 18.7. The Labute approximate surface area is 450 Å². The fourth-order valence-electron chi connectivity index (χ4n) is 13.3. The van der Waals surface area contributed by atoms with Crippen molar-refractivity contribution in [1.82, 2.24) is 0 Å². The first kappa shape index (κ1) is 49.7. The topological polar surface area (TPSA) is 300 Å². The van der Waals surface area contributed by atoms with Crippen molar-refractivity contribution in [3.8, 4) is 69.0 Å². The van der Waals surface area contributed by atoms with Gasteiger partial charge < -0.3 is 85.3 Å². The molecule has 1 fully saturated rings. The molecule has 3 aliphatic heterocycles. The molecule has 13 rings (SSSR count). The number of rotatable bonds is 8. The Kier molecular flexibility index (Phi) is 11.8. The number of fused-ring (bicyclic) bond motifs is 4. The van der Waals surface area contributed by atoms with Gasteiger partial charge in [-0.2, -0.15) is 0 Å². The molecule has 8 aromatic carbocycles. The molecule has 402 valence electrons. The van der Waals surface area contributed by atoms with E-state index in [0.29, 0.717) is 66.8 Å². The lowest BCUT2D eigenvalue weighted by atomic mass is 9.62. The van der Waals surface area contributed by atoms with E-state index in [1.54, 1.807) is 78.9 Å². The minimum atomic E-state index is -1.85. The van der Waals surface area contributed by atoms with Gasteiger partial charge in [-0.15, -0.1) is 0 Å². The van der Waals surface area contributed by atoms with Gasteiger partial charge >= 0.3 is 0 Å². The number of benzene rings is 8. The van der Waals surface area contributed by atoms with E-state index in [-0.39, 0.29) is 69.0 Å². The summed E-state index contributed by atoms with van der Waals surface area (Å²) < 4.78 is 26.4. The number of phenols is 9. The van der Waals surface area contributed by atoms with Gasteiger partial charge in [-0.1, -0.05) is 48.5 Å². The van der Waals surface area contributed by atoms with Crippen LogP contribution < -0.4 is 14.2 Å². The fraction of sp³-hybridized carbons (Fsp3) is 0.226. The molecule has 0 bridgehead atoms. The zero-order valence-electron chi connectivity index (χ0n) is 41.5. The Hall–Kier alpha value is -8.84. The molecule has 79 heavy (non-hydrogen) atoms. The third-order valence-electron chi connectivity index (χ3n) is 16.6. The van der Waals surface area contributed by atoms with Gasteiger partial charge in [0, 0.05) is 70.2 Å². The van der Waals surface area contributed by atoms with Gasteiger partial charge in [-0.3, -0.25) is 0 Å². The summed E-state index contributed by atoms with van der Waals surface area (Å²) in [6.07, 6.45) is -10.3. The highest BCUT2D eigenvalue weighted by atomic mass is 16.7. The van der Waals surface area contributed by atoms with E-state index in [4.69, 9.17) is 18.9 Å². The first-order valence-electron chi connectivity index (χ1n) is 25.7. The Morgan fingerprint density at radius 2 is 0.759 bits per heavy atom. The Morgan fingerprint density at radius 3 is 1.20 bits per heavy atom. The van der Waals surface area contributed by atoms with E-state index in [2.05, 4.69) is 0 Å². The standard InChI is InChI=1S/C62H52O17/c63-25-46-57(73)58(74)59(75)62(79-46)76-37-23-41-52-45(24-37)78-61(29-7-15-33(67)16-8-29)56(52)39-18-35(69)21-43(72)50(39)48(27-3-11-31(65)12-4-27)54(41)53-40-19-36(70)22-44-51(40)55(60(77-44)28-5-13-32(66)14-6-28)38-17-34(68)20-42(71)49(38)47(53)26-1-9-30(64)10-2-26/h1-24,46-48,53-75H,25H2/t46-,47+,48+,53+,54+,55+,56+,57-,58+,59-,60-,61-,62-/m0/s1. The van der Waals surface area contributed by atoms with Crippen molar-refractivity contribution < 1.29 is 85.3 Å². The SMILES string of the molecule is OC[C@@H]1O[C@H](Oc2cc3c4c(c2)[C@@H]([C@@H]2c5cc(O)cc6c5[C@@H](c5cc(O)cc(O)c5[C@H]2c2ccc(O)cc2)[C@H](c2ccc(O)cc2)O6)[C@H](c2ccc(O)cc2)c2c(O)cc(O)cc2[C@H]4[C@H](c2ccc(O)cc2)O3)[C@@H](O)[C@H](O)[C@H]1O. The maximum Gasteiger partial charge on any atom is 0.229 e. The molecule has 13 N–H and O–H groups in total. The molecule has 13 atom stereocenters. The third kappa shape index (κ3) is 8.02. The molecule has 17 nitrogen and oxygen atoms in total. The summed E-state index contributed by atoms with van der Waals surface area (Å²) in [5.74, 6) is -7.14. The summed E-state index contributed by atoms with van der Waals surface area (Å²) in [4.78, 5) is 0. The maximum absolute atomic E-state index is 12.8. The van der Waals surface area contributed by atoms with Crippen molar-refractivity contribution in [1.29, 1.82) is 0 Å². The molecule has 0 spiro atoms. The van der Waals surface area contributed by atoms with Crippen LogP contribution in [0.2, 0.25) is 0 Å². The molecule has 2 aliphatic carbocycles. The van der Waals surface area contributed by atoms with Crippen LogP contribution in [0.15, 0.2) is 146 Å².